The molecule has 1 aliphatic carbocycles. The van der Waals surface area contributed by atoms with Crippen molar-refractivity contribution in [2.24, 2.45) is 5.73 Å². The van der Waals surface area contributed by atoms with Gasteiger partial charge in [0.2, 0.25) is 11.8 Å². The van der Waals surface area contributed by atoms with E-state index in [0.29, 0.717) is 25.3 Å². The average Bonchev–Trinajstić information content (AvgIpc) is 2.56. The molecule has 3 N–H and O–H groups in total. The molecule has 2 amide bonds. The summed E-state index contributed by atoms with van der Waals surface area (Å²) in [4.78, 5) is 21.7. The Morgan fingerprint density at radius 1 is 1.21 bits per heavy atom. The summed E-state index contributed by atoms with van der Waals surface area (Å²) < 4.78 is 0. The minimum absolute atomic E-state index is 0.0538. The monoisotopic (exact) mass is 198 g/mol. The fraction of sp³-hybridized carbons (Fsp3) is 0.800. The van der Waals surface area contributed by atoms with Gasteiger partial charge in [-0.1, -0.05) is 12.8 Å². The largest absolute Gasteiger partial charge is 0.370 e. The van der Waals surface area contributed by atoms with E-state index in [9.17, 15) is 9.59 Å². The predicted molar refractivity (Wildman–Crippen MR) is 53.4 cm³/mol. The standard InChI is InChI=1S/C10H18N2O2/c11-9(13)6-3-7-10(14)12-8-4-1-2-5-8/h8H,1-7H2,(H2,11,13)(H,12,14). The van der Waals surface area contributed by atoms with Gasteiger partial charge in [-0.3, -0.25) is 9.59 Å². The molecule has 80 valence electrons. The Kier molecular flexibility index (Phi) is 4.43. The van der Waals surface area contributed by atoms with Crippen molar-refractivity contribution in [1.82, 2.24) is 5.32 Å². The number of amides is 2. The molecule has 1 fully saturated rings. The summed E-state index contributed by atoms with van der Waals surface area (Å²) in [6.45, 7) is 0. The number of carbonyl (C=O) groups excluding carboxylic acids is 2. The van der Waals surface area contributed by atoms with Crippen molar-refractivity contribution in [1.29, 1.82) is 0 Å². The Bertz CT molecular complexity index is 210. The number of primary amides is 1. The van der Waals surface area contributed by atoms with Gasteiger partial charge in [0.05, 0.1) is 0 Å². The van der Waals surface area contributed by atoms with Crippen molar-refractivity contribution in [3.8, 4) is 0 Å². The maximum Gasteiger partial charge on any atom is 0.220 e. The van der Waals surface area contributed by atoms with E-state index in [1.54, 1.807) is 0 Å². The minimum atomic E-state index is -0.335. The third kappa shape index (κ3) is 4.25. The molecule has 4 heteroatoms. The Morgan fingerprint density at radius 2 is 1.86 bits per heavy atom. The van der Waals surface area contributed by atoms with Gasteiger partial charge >= 0.3 is 0 Å². The van der Waals surface area contributed by atoms with Crippen LogP contribution in [0.3, 0.4) is 0 Å². The molecule has 0 aliphatic heterocycles. The fourth-order valence-electron chi connectivity index (χ4n) is 1.79. The molecule has 0 aromatic rings. The summed E-state index contributed by atoms with van der Waals surface area (Å²) in [6, 6.07) is 0.371. The molecule has 0 aromatic carbocycles. The smallest absolute Gasteiger partial charge is 0.220 e. The molecule has 0 saturated heterocycles. The molecule has 0 spiro atoms. The van der Waals surface area contributed by atoms with Crippen LogP contribution in [-0.4, -0.2) is 17.9 Å². The highest BCUT2D eigenvalue weighted by atomic mass is 16.2. The van der Waals surface area contributed by atoms with E-state index in [-0.39, 0.29) is 11.8 Å². The van der Waals surface area contributed by atoms with Crippen LogP contribution in [-0.2, 0) is 9.59 Å². The van der Waals surface area contributed by atoms with Crippen LogP contribution in [0.5, 0.6) is 0 Å². The van der Waals surface area contributed by atoms with E-state index in [4.69, 9.17) is 5.73 Å². The van der Waals surface area contributed by atoms with Crippen LogP contribution >= 0.6 is 0 Å². The lowest BCUT2D eigenvalue weighted by atomic mass is 10.2. The van der Waals surface area contributed by atoms with E-state index in [1.807, 2.05) is 0 Å². The summed E-state index contributed by atoms with van der Waals surface area (Å²) in [5.74, 6) is -0.281. The van der Waals surface area contributed by atoms with E-state index in [0.717, 1.165) is 12.8 Å². The molecule has 0 aromatic heterocycles. The van der Waals surface area contributed by atoms with E-state index in [1.165, 1.54) is 12.8 Å². The van der Waals surface area contributed by atoms with Crippen LogP contribution in [0.4, 0.5) is 0 Å². The van der Waals surface area contributed by atoms with Gasteiger partial charge < -0.3 is 11.1 Å². The third-order valence-corrected chi connectivity index (χ3v) is 2.55. The Balaban J connectivity index is 2.06. The van der Waals surface area contributed by atoms with Gasteiger partial charge in [0.1, 0.15) is 0 Å². The predicted octanol–water partition coefficient (Wildman–Crippen LogP) is 0.701. The summed E-state index contributed by atoms with van der Waals surface area (Å²) in [6.07, 6.45) is 5.91. The number of nitrogens with two attached hydrogens (primary N) is 1. The number of nitrogens with one attached hydrogen (secondary N) is 1. The third-order valence-electron chi connectivity index (χ3n) is 2.55. The topological polar surface area (TPSA) is 72.2 Å². The molecule has 0 heterocycles. The van der Waals surface area contributed by atoms with Gasteiger partial charge in [0.25, 0.3) is 0 Å². The highest BCUT2D eigenvalue weighted by Crippen LogP contribution is 2.17. The summed E-state index contributed by atoms with van der Waals surface area (Å²) in [7, 11) is 0. The first kappa shape index (κ1) is 11.0. The van der Waals surface area contributed by atoms with Crippen molar-refractivity contribution >= 4 is 11.8 Å². The van der Waals surface area contributed by atoms with Crippen LogP contribution in [0.25, 0.3) is 0 Å². The van der Waals surface area contributed by atoms with E-state index in [2.05, 4.69) is 5.32 Å². The number of rotatable bonds is 5. The zero-order valence-corrected chi connectivity index (χ0v) is 8.42. The van der Waals surface area contributed by atoms with Crippen LogP contribution in [0, 0.1) is 0 Å². The van der Waals surface area contributed by atoms with Gasteiger partial charge in [0, 0.05) is 18.9 Å². The molecule has 1 saturated carbocycles. The molecule has 0 unspecified atom stereocenters. The summed E-state index contributed by atoms with van der Waals surface area (Å²) in [5, 5.41) is 2.96. The molecule has 0 atom stereocenters. The maximum absolute atomic E-state index is 11.3. The Labute approximate surface area is 84.2 Å². The first-order chi connectivity index (χ1) is 6.68. The van der Waals surface area contributed by atoms with Crippen molar-refractivity contribution in [2.45, 2.75) is 51.0 Å². The molecule has 0 radical (unpaired) electrons. The molecule has 14 heavy (non-hydrogen) atoms. The SMILES string of the molecule is NC(=O)CCCC(=O)NC1CCCC1. The first-order valence-corrected chi connectivity index (χ1v) is 5.26. The van der Waals surface area contributed by atoms with Gasteiger partial charge in [-0.05, 0) is 19.3 Å². The highest BCUT2D eigenvalue weighted by Gasteiger charge is 2.16. The fourth-order valence-corrected chi connectivity index (χ4v) is 1.79. The van der Waals surface area contributed by atoms with Gasteiger partial charge in [0.15, 0.2) is 0 Å². The van der Waals surface area contributed by atoms with Gasteiger partial charge in [-0.15, -0.1) is 0 Å². The second-order valence-corrected chi connectivity index (χ2v) is 3.87. The van der Waals surface area contributed by atoms with Gasteiger partial charge in [-0.25, -0.2) is 0 Å². The maximum atomic E-state index is 11.3. The summed E-state index contributed by atoms with van der Waals surface area (Å²) in [5.41, 5.74) is 4.97. The zero-order valence-electron chi connectivity index (χ0n) is 8.42. The lowest BCUT2D eigenvalue weighted by Gasteiger charge is -2.11. The molecular weight excluding hydrogens is 180 g/mol. The van der Waals surface area contributed by atoms with Gasteiger partial charge in [-0.2, -0.15) is 0 Å². The molecule has 0 bridgehead atoms. The van der Waals surface area contributed by atoms with Crippen LogP contribution in [0.15, 0.2) is 0 Å². The van der Waals surface area contributed by atoms with Crippen molar-refractivity contribution in [3.63, 3.8) is 0 Å². The average molecular weight is 198 g/mol. The van der Waals surface area contributed by atoms with E-state index < -0.39 is 0 Å². The molecule has 1 aliphatic rings. The quantitative estimate of drug-likeness (QED) is 0.682. The van der Waals surface area contributed by atoms with Crippen molar-refractivity contribution in [2.75, 3.05) is 0 Å². The zero-order chi connectivity index (χ0) is 10.4. The number of hydrogen-bond acceptors (Lipinski definition) is 2. The molecule has 1 rings (SSSR count). The van der Waals surface area contributed by atoms with Crippen LogP contribution in [0.1, 0.15) is 44.9 Å². The first-order valence-electron chi connectivity index (χ1n) is 5.26. The Hall–Kier alpha value is -1.06. The Morgan fingerprint density at radius 3 is 2.43 bits per heavy atom. The highest BCUT2D eigenvalue weighted by molar-refractivity contribution is 5.78. The number of hydrogen-bond donors (Lipinski definition) is 2. The minimum Gasteiger partial charge on any atom is -0.370 e. The van der Waals surface area contributed by atoms with Crippen molar-refractivity contribution in [3.05, 3.63) is 0 Å². The summed E-state index contributed by atoms with van der Waals surface area (Å²) >= 11 is 0. The normalized spacial score (nSPS) is 16.9. The van der Waals surface area contributed by atoms with Crippen molar-refractivity contribution < 1.29 is 9.59 Å². The second-order valence-electron chi connectivity index (χ2n) is 3.87. The molecular formula is C10H18N2O2. The molecule has 4 nitrogen and oxygen atoms in total. The lowest BCUT2D eigenvalue weighted by molar-refractivity contribution is -0.122. The van der Waals surface area contributed by atoms with E-state index >= 15 is 0 Å². The van der Waals surface area contributed by atoms with Crippen LogP contribution < -0.4 is 11.1 Å². The lowest BCUT2D eigenvalue weighted by Crippen LogP contribution is -2.32. The number of carbonyl (C=O) groups is 2. The van der Waals surface area contributed by atoms with Crippen LogP contribution in [0.2, 0.25) is 0 Å². The second kappa shape index (κ2) is 5.62.